The third kappa shape index (κ3) is 3.99. The molecule has 9 heteroatoms. The lowest BCUT2D eigenvalue weighted by atomic mass is 10.5. The van der Waals surface area contributed by atoms with E-state index in [2.05, 4.69) is 63.0 Å². The Balaban J connectivity index is 2.67. The van der Waals surface area contributed by atoms with Crippen molar-refractivity contribution >= 4 is 63.6 Å². The van der Waals surface area contributed by atoms with Gasteiger partial charge in [0.05, 0.1) is 0 Å². The molecule has 0 aliphatic carbocycles. The standard InChI is InChI=1S/C6H6Br3N3O2S/c7-6(8,9)15(13,14)12-11-5-3-1-2-4-10-5/h1-4,12H,(H,10,11). The Bertz CT molecular complexity index is 417. The highest BCUT2D eigenvalue weighted by atomic mass is 80.0. The zero-order chi connectivity index (χ0) is 11.5. The van der Waals surface area contributed by atoms with Gasteiger partial charge >= 0.3 is 0 Å². The van der Waals surface area contributed by atoms with Crippen molar-refractivity contribution in [2.45, 2.75) is 1.47 Å². The monoisotopic (exact) mass is 421 g/mol. The summed E-state index contributed by atoms with van der Waals surface area (Å²) < 4.78 is 21.6. The van der Waals surface area contributed by atoms with Crippen molar-refractivity contribution in [1.82, 2.24) is 9.82 Å². The minimum Gasteiger partial charge on any atom is -0.292 e. The van der Waals surface area contributed by atoms with Gasteiger partial charge in [-0.1, -0.05) is 6.07 Å². The zero-order valence-electron chi connectivity index (χ0n) is 7.12. The van der Waals surface area contributed by atoms with E-state index in [0.717, 1.165) is 0 Å². The summed E-state index contributed by atoms with van der Waals surface area (Å²) in [6, 6.07) is 5.08. The van der Waals surface area contributed by atoms with Gasteiger partial charge in [-0.05, 0) is 59.9 Å². The third-order valence-electron chi connectivity index (χ3n) is 1.28. The molecule has 0 amide bonds. The molecule has 0 atom stereocenters. The van der Waals surface area contributed by atoms with Crippen LogP contribution in [0.5, 0.6) is 0 Å². The Morgan fingerprint density at radius 3 is 2.40 bits per heavy atom. The first kappa shape index (κ1) is 13.4. The number of alkyl halides is 3. The summed E-state index contributed by atoms with van der Waals surface area (Å²) >= 11 is 8.69. The lowest BCUT2D eigenvalue weighted by Gasteiger charge is -2.14. The zero-order valence-corrected chi connectivity index (χ0v) is 12.7. The lowest BCUT2D eigenvalue weighted by molar-refractivity contribution is 0.590. The Kier molecular flexibility index (Phi) is 4.53. The second-order valence-corrected chi connectivity index (χ2v) is 12.6. The van der Waals surface area contributed by atoms with Crippen molar-refractivity contribution in [2.75, 3.05) is 5.43 Å². The quantitative estimate of drug-likeness (QED) is 0.577. The van der Waals surface area contributed by atoms with Gasteiger partial charge in [0.1, 0.15) is 5.82 Å². The number of hydrazine groups is 1. The minimum absolute atomic E-state index is 0.401. The predicted octanol–water partition coefficient (Wildman–Crippen LogP) is 2.12. The molecule has 0 radical (unpaired) electrons. The maximum Gasteiger partial charge on any atom is 0.264 e. The molecule has 0 aromatic carbocycles. The first-order valence-corrected chi connectivity index (χ1v) is 7.44. The van der Waals surface area contributed by atoms with Gasteiger partial charge in [0.25, 0.3) is 10.0 Å². The topological polar surface area (TPSA) is 71.1 Å². The van der Waals surface area contributed by atoms with Crippen LogP contribution in [-0.2, 0) is 10.0 Å². The highest BCUT2D eigenvalue weighted by Crippen LogP contribution is 2.38. The Hall–Kier alpha value is 0.300. The van der Waals surface area contributed by atoms with Crippen molar-refractivity contribution in [3.05, 3.63) is 24.4 Å². The summed E-state index contributed by atoms with van der Waals surface area (Å²) in [5.74, 6) is 0.401. The Labute approximate surface area is 112 Å². The second-order valence-electron chi connectivity index (χ2n) is 2.39. The molecule has 0 aliphatic rings. The molecule has 0 saturated heterocycles. The van der Waals surface area contributed by atoms with Gasteiger partial charge in [-0.3, -0.25) is 5.43 Å². The van der Waals surface area contributed by atoms with Crippen LogP contribution in [0.4, 0.5) is 5.82 Å². The van der Waals surface area contributed by atoms with E-state index in [1.54, 1.807) is 24.4 Å². The molecule has 2 N–H and O–H groups in total. The van der Waals surface area contributed by atoms with E-state index in [0.29, 0.717) is 5.82 Å². The second kappa shape index (κ2) is 5.09. The van der Waals surface area contributed by atoms with Crippen LogP contribution in [0.25, 0.3) is 0 Å². The molecule has 0 bridgehead atoms. The summed E-state index contributed by atoms with van der Waals surface area (Å²) in [6.45, 7) is 0. The number of nitrogens with zero attached hydrogens (tertiary/aromatic N) is 1. The number of hydrogen-bond donors (Lipinski definition) is 2. The molecule has 0 spiro atoms. The molecule has 84 valence electrons. The van der Waals surface area contributed by atoms with Crippen LogP contribution in [0, 0.1) is 0 Å². The van der Waals surface area contributed by atoms with Gasteiger partial charge in [0.2, 0.25) is 1.47 Å². The maximum absolute atomic E-state index is 11.5. The van der Waals surface area contributed by atoms with Gasteiger partial charge in [0.15, 0.2) is 0 Å². The SMILES string of the molecule is O=S(=O)(NNc1ccccn1)C(Br)(Br)Br. The summed E-state index contributed by atoms with van der Waals surface area (Å²) in [4.78, 5) is 6.01. The Morgan fingerprint density at radius 1 is 1.27 bits per heavy atom. The van der Waals surface area contributed by atoms with E-state index in [9.17, 15) is 8.42 Å². The summed E-state index contributed by atoms with van der Waals surface area (Å²) in [5, 5.41) is 0. The van der Waals surface area contributed by atoms with Crippen LogP contribution < -0.4 is 10.3 Å². The van der Waals surface area contributed by atoms with Crippen molar-refractivity contribution in [2.24, 2.45) is 0 Å². The van der Waals surface area contributed by atoms with E-state index in [1.165, 1.54) is 0 Å². The highest BCUT2D eigenvalue weighted by Gasteiger charge is 2.35. The number of aromatic nitrogens is 1. The van der Waals surface area contributed by atoms with E-state index in [-0.39, 0.29) is 0 Å². The highest BCUT2D eigenvalue weighted by molar-refractivity contribution is 9.42. The third-order valence-corrected chi connectivity index (χ3v) is 6.10. The smallest absolute Gasteiger partial charge is 0.264 e. The number of halogens is 3. The van der Waals surface area contributed by atoms with E-state index >= 15 is 0 Å². The molecule has 1 aromatic rings. The molecular weight excluding hydrogens is 418 g/mol. The van der Waals surface area contributed by atoms with Crippen LogP contribution in [-0.4, -0.2) is 14.9 Å². The van der Waals surface area contributed by atoms with E-state index in [4.69, 9.17) is 0 Å². The maximum atomic E-state index is 11.5. The number of pyridine rings is 1. The molecule has 0 saturated carbocycles. The molecule has 1 aromatic heterocycles. The largest absolute Gasteiger partial charge is 0.292 e. The van der Waals surface area contributed by atoms with Crippen LogP contribution >= 0.6 is 47.8 Å². The van der Waals surface area contributed by atoms with Crippen molar-refractivity contribution in [3.63, 3.8) is 0 Å². The molecule has 5 nitrogen and oxygen atoms in total. The summed E-state index contributed by atoms with van der Waals surface area (Å²) in [5.41, 5.74) is 2.45. The molecule has 15 heavy (non-hydrogen) atoms. The van der Waals surface area contributed by atoms with Crippen molar-refractivity contribution in [1.29, 1.82) is 0 Å². The number of rotatable bonds is 3. The molecular formula is C6H6Br3N3O2S. The van der Waals surface area contributed by atoms with Gasteiger partial charge in [-0.15, -0.1) is 4.83 Å². The first-order valence-electron chi connectivity index (χ1n) is 3.58. The van der Waals surface area contributed by atoms with Gasteiger partial charge in [-0.25, -0.2) is 13.4 Å². The number of hydrogen-bond acceptors (Lipinski definition) is 4. The molecule has 0 aliphatic heterocycles. The average molecular weight is 424 g/mol. The van der Waals surface area contributed by atoms with Crippen LogP contribution in [0.3, 0.4) is 0 Å². The average Bonchev–Trinajstić information content (AvgIpc) is 2.15. The molecule has 0 fully saturated rings. The minimum atomic E-state index is -3.65. The number of sulfonamides is 1. The van der Waals surface area contributed by atoms with Gasteiger partial charge in [0, 0.05) is 6.20 Å². The number of nitrogens with one attached hydrogen (secondary N) is 2. The molecule has 0 unspecified atom stereocenters. The van der Waals surface area contributed by atoms with Crippen LogP contribution in [0.1, 0.15) is 0 Å². The fourth-order valence-electron chi connectivity index (χ4n) is 0.614. The van der Waals surface area contributed by atoms with E-state index < -0.39 is 11.5 Å². The van der Waals surface area contributed by atoms with Crippen molar-refractivity contribution in [3.8, 4) is 0 Å². The van der Waals surface area contributed by atoms with E-state index in [1.807, 2.05) is 0 Å². The van der Waals surface area contributed by atoms with Crippen LogP contribution in [0.15, 0.2) is 24.4 Å². The lowest BCUT2D eigenvalue weighted by Crippen LogP contribution is -2.37. The van der Waals surface area contributed by atoms with Gasteiger partial charge < -0.3 is 0 Å². The fourth-order valence-corrected chi connectivity index (χ4v) is 1.70. The van der Waals surface area contributed by atoms with Crippen molar-refractivity contribution < 1.29 is 8.42 Å². The molecule has 1 rings (SSSR count). The summed E-state index contributed by atoms with van der Waals surface area (Å²) in [7, 11) is -3.65. The fraction of sp³-hybridized carbons (Fsp3) is 0.167. The normalized spacial score (nSPS) is 12.5. The predicted molar refractivity (Wildman–Crippen MR) is 69.4 cm³/mol. The van der Waals surface area contributed by atoms with Crippen LogP contribution in [0.2, 0.25) is 0 Å². The molecule has 1 heterocycles. The first-order chi connectivity index (χ1) is 6.83. The Morgan fingerprint density at radius 2 is 1.93 bits per heavy atom. The summed E-state index contributed by atoms with van der Waals surface area (Å²) in [6.07, 6.45) is 1.54. The van der Waals surface area contributed by atoms with Gasteiger partial charge in [-0.2, -0.15) is 0 Å². The number of anilines is 1.